The van der Waals surface area contributed by atoms with E-state index >= 15 is 0 Å². The van der Waals surface area contributed by atoms with Crippen molar-refractivity contribution in [1.82, 2.24) is 19.9 Å². The maximum absolute atomic E-state index is 4.61. The molecule has 2 aromatic carbocycles. The minimum absolute atomic E-state index is 0.507. The standard InChI is InChI=1S/C23H19N5S/c1-14(2)15-3-5-16(6-4-15)19-10-18-21(11-24-19)25-12-26-23(18)28-17-7-8-22-20(9-17)27-13-29-22/h3-14H,1-2H3,(H,25,26,28). The van der Waals surface area contributed by atoms with Crippen LogP contribution in [-0.2, 0) is 0 Å². The van der Waals surface area contributed by atoms with Gasteiger partial charge in [0.15, 0.2) is 0 Å². The van der Waals surface area contributed by atoms with Gasteiger partial charge in [-0.25, -0.2) is 15.0 Å². The normalized spacial score (nSPS) is 11.4. The molecule has 0 aliphatic carbocycles. The Morgan fingerprint density at radius 3 is 2.55 bits per heavy atom. The molecule has 5 aromatic rings. The molecule has 142 valence electrons. The van der Waals surface area contributed by atoms with Crippen LogP contribution in [0.5, 0.6) is 0 Å². The van der Waals surface area contributed by atoms with E-state index in [2.05, 4.69) is 69.4 Å². The fourth-order valence-electron chi connectivity index (χ4n) is 3.33. The van der Waals surface area contributed by atoms with Crippen molar-refractivity contribution in [3.8, 4) is 11.3 Å². The molecule has 1 N–H and O–H groups in total. The summed E-state index contributed by atoms with van der Waals surface area (Å²) in [5.41, 5.74) is 7.89. The Balaban J connectivity index is 1.54. The van der Waals surface area contributed by atoms with Gasteiger partial charge in [-0.05, 0) is 35.7 Å². The van der Waals surface area contributed by atoms with Gasteiger partial charge in [-0.1, -0.05) is 38.1 Å². The summed E-state index contributed by atoms with van der Waals surface area (Å²) in [6, 6.07) is 16.8. The summed E-state index contributed by atoms with van der Waals surface area (Å²) in [4.78, 5) is 17.8. The average Bonchev–Trinajstić information content (AvgIpc) is 3.22. The van der Waals surface area contributed by atoms with Crippen LogP contribution in [0.25, 0.3) is 32.4 Å². The van der Waals surface area contributed by atoms with Gasteiger partial charge in [0.05, 0.1) is 33.1 Å². The summed E-state index contributed by atoms with van der Waals surface area (Å²) < 4.78 is 1.17. The van der Waals surface area contributed by atoms with Crippen LogP contribution in [0, 0.1) is 0 Å². The van der Waals surface area contributed by atoms with Gasteiger partial charge in [-0.3, -0.25) is 4.98 Å². The predicted octanol–water partition coefficient (Wildman–Crippen LogP) is 6.17. The van der Waals surface area contributed by atoms with Crippen molar-refractivity contribution >= 4 is 44.0 Å². The van der Waals surface area contributed by atoms with Gasteiger partial charge in [0, 0.05) is 16.6 Å². The second-order valence-electron chi connectivity index (χ2n) is 7.25. The smallest absolute Gasteiger partial charge is 0.141 e. The Bertz CT molecular complexity index is 1310. The maximum atomic E-state index is 4.61. The zero-order valence-electron chi connectivity index (χ0n) is 16.1. The number of hydrogen-bond acceptors (Lipinski definition) is 6. The molecule has 0 bridgehead atoms. The van der Waals surface area contributed by atoms with Crippen molar-refractivity contribution in [3.05, 3.63) is 72.1 Å². The number of nitrogens with one attached hydrogen (secondary N) is 1. The van der Waals surface area contributed by atoms with Crippen LogP contribution in [0.15, 0.2) is 66.6 Å². The molecule has 6 heteroatoms. The third kappa shape index (κ3) is 3.43. The van der Waals surface area contributed by atoms with E-state index in [-0.39, 0.29) is 0 Å². The lowest BCUT2D eigenvalue weighted by atomic mass is 10.0. The minimum Gasteiger partial charge on any atom is -0.340 e. The van der Waals surface area contributed by atoms with Crippen molar-refractivity contribution < 1.29 is 0 Å². The minimum atomic E-state index is 0.507. The number of hydrogen-bond donors (Lipinski definition) is 1. The van der Waals surface area contributed by atoms with Gasteiger partial charge in [-0.2, -0.15) is 0 Å². The zero-order valence-corrected chi connectivity index (χ0v) is 16.9. The molecule has 0 spiro atoms. The van der Waals surface area contributed by atoms with Gasteiger partial charge >= 0.3 is 0 Å². The molecular weight excluding hydrogens is 378 g/mol. The van der Waals surface area contributed by atoms with Gasteiger partial charge in [0.1, 0.15) is 12.1 Å². The monoisotopic (exact) mass is 397 g/mol. The van der Waals surface area contributed by atoms with Crippen molar-refractivity contribution in [2.75, 3.05) is 5.32 Å². The number of rotatable bonds is 4. The Morgan fingerprint density at radius 2 is 1.72 bits per heavy atom. The van der Waals surface area contributed by atoms with Crippen LogP contribution in [0.3, 0.4) is 0 Å². The average molecular weight is 398 g/mol. The first-order valence-corrected chi connectivity index (χ1v) is 10.4. The summed E-state index contributed by atoms with van der Waals surface area (Å²) in [6.45, 7) is 4.39. The number of fused-ring (bicyclic) bond motifs is 2. The van der Waals surface area contributed by atoms with Crippen molar-refractivity contribution in [2.45, 2.75) is 19.8 Å². The van der Waals surface area contributed by atoms with Gasteiger partial charge in [0.2, 0.25) is 0 Å². The van der Waals surface area contributed by atoms with Crippen molar-refractivity contribution in [1.29, 1.82) is 0 Å². The van der Waals surface area contributed by atoms with Crippen LogP contribution in [0.2, 0.25) is 0 Å². The van der Waals surface area contributed by atoms with E-state index < -0.39 is 0 Å². The fourth-order valence-corrected chi connectivity index (χ4v) is 3.99. The second kappa shape index (κ2) is 7.22. The summed E-state index contributed by atoms with van der Waals surface area (Å²) in [5, 5.41) is 4.35. The summed E-state index contributed by atoms with van der Waals surface area (Å²) in [5.74, 6) is 1.26. The first-order valence-electron chi connectivity index (χ1n) is 9.49. The molecule has 5 nitrogen and oxygen atoms in total. The number of nitrogens with zero attached hydrogens (tertiary/aromatic N) is 4. The molecule has 0 fully saturated rings. The molecule has 3 heterocycles. The Hall–Kier alpha value is -3.38. The number of anilines is 2. The van der Waals surface area contributed by atoms with Gasteiger partial charge in [-0.15, -0.1) is 11.3 Å². The third-order valence-corrected chi connectivity index (χ3v) is 5.80. The van der Waals surface area contributed by atoms with E-state index in [1.807, 2.05) is 23.7 Å². The maximum Gasteiger partial charge on any atom is 0.141 e. The largest absolute Gasteiger partial charge is 0.340 e. The highest BCUT2D eigenvalue weighted by Gasteiger charge is 2.09. The molecule has 0 atom stereocenters. The van der Waals surface area contributed by atoms with Crippen LogP contribution in [0.4, 0.5) is 11.5 Å². The second-order valence-corrected chi connectivity index (χ2v) is 8.13. The van der Waals surface area contributed by atoms with E-state index in [0.29, 0.717) is 5.92 Å². The number of benzene rings is 2. The number of pyridine rings is 1. The van der Waals surface area contributed by atoms with E-state index in [1.165, 1.54) is 10.3 Å². The topological polar surface area (TPSA) is 63.6 Å². The zero-order chi connectivity index (χ0) is 19.8. The van der Waals surface area contributed by atoms with E-state index in [1.54, 1.807) is 23.9 Å². The van der Waals surface area contributed by atoms with E-state index in [0.717, 1.165) is 39.2 Å². The van der Waals surface area contributed by atoms with Crippen molar-refractivity contribution in [2.24, 2.45) is 0 Å². The molecule has 0 amide bonds. The molecule has 5 rings (SSSR count). The summed E-state index contributed by atoms with van der Waals surface area (Å²) in [7, 11) is 0. The summed E-state index contributed by atoms with van der Waals surface area (Å²) in [6.07, 6.45) is 3.36. The lowest BCUT2D eigenvalue weighted by Crippen LogP contribution is -1.97. The molecule has 3 aromatic heterocycles. The highest BCUT2D eigenvalue weighted by atomic mass is 32.1. The predicted molar refractivity (Wildman–Crippen MR) is 120 cm³/mol. The van der Waals surface area contributed by atoms with E-state index in [4.69, 9.17) is 0 Å². The lowest BCUT2D eigenvalue weighted by molar-refractivity contribution is 0.867. The molecule has 0 aliphatic heterocycles. The van der Waals surface area contributed by atoms with Crippen LogP contribution in [-0.4, -0.2) is 19.9 Å². The quantitative estimate of drug-likeness (QED) is 0.393. The first-order chi connectivity index (χ1) is 14.2. The van der Waals surface area contributed by atoms with Crippen molar-refractivity contribution in [3.63, 3.8) is 0 Å². The lowest BCUT2D eigenvalue weighted by Gasteiger charge is -2.10. The van der Waals surface area contributed by atoms with E-state index in [9.17, 15) is 0 Å². The third-order valence-electron chi connectivity index (χ3n) is 4.99. The molecular formula is C23H19N5S. The highest BCUT2D eigenvalue weighted by molar-refractivity contribution is 7.16. The van der Waals surface area contributed by atoms with Gasteiger partial charge < -0.3 is 5.32 Å². The molecule has 0 saturated carbocycles. The number of thiazole rings is 1. The summed E-state index contributed by atoms with van der Waals surface area (Å²) >= 11 is 1.63. The molecule has 0 unspecified atom stereocenters. The molecule has 29 heavy (non-hydrogen) atoms. The van der Waals surface area contributed by atoms with Crippen LogP contribution in [0.1, 0.15) is 25.3 Å². The molecule has 0 radical (unpaired) electrons. The first kappa shape index (κ1) is 17.7. The Labute approximate surface area is 172 Å². The molecule has 0 saturated heterocycles. The van der Waals surface area contributed by atoms with Gasteiger partial charge in [0.25, 0.3) is 0 Å². The Kier molecular flexibility index (Phi) is 4.41. The number of aromatic nitrogens is 4. The van der Waals surface area contributed by atoms with Crippen LogP contribution < -0.4 is 5.32 Å². The fraction of sp³-hybridized carbons (Fsp3) is 0.130. The Morgan fingerprint density at radius 1 is 0.862 bits per heavy atom. The van der Waals surface area contributed by atoms with Crippen LogP contribution >= 0.6 is 11.3 Å². The SMILES string of the molecule is CC(C)c1ccc(-c2cc3c(Nc4ccc5scnc5c4)ncnc3cn2)cc1. The highest BCUT2D eigenvalue weighted by Crippen LogP contribution is 2.29. The molecule has 0 aliphatic rings.